The number of hydrogen-bond acceptors (Lipinski definition) is 7. The fraction of sp³-hybridized carbons (Fsp3) is 0.885. The highest BCUT2D eigenvalue weighted by molar-refractivity contribution is 6.45. The van der Waals surface area contributed by atoms with Crippen molar-refractivity contribution in [2.75, 3.05) is 13.6 Å². The van der Waals surface area contributed by atoms with Crippen LogP contribution in [-0.2, 0) is 23.6 Å². The third-order valence-corrected chi connectivity index (χ3v) is 7.31. The Balaban J connectivity index is 2.19. The van der Waals surface area contributed by atoms with E-state index in [1.807, 2.05) is 27.7 Å². The lowest BCUT2D eigenvalue weighted by Gasteiger charge is -2.35. The molecule has 0 radical (unpaired) electrons. The molecule has 2 saturated heterocycles. The van der Waals surface area contributed by atoms with Gasteiger partial charge in [-0.25, -0.2) is 14.4 Å². The van der Waals surface area contributed by atoms with Crippen molar-refractivity contribution >= 4 is 25.3 Å². The Morgan fingerprint density at radius 1 is 0.973 bits per heavy atom. The van der Waals surface area contributed by atoms with E-state index in [1.54, 1.807) is 48.6 Å². The SMILES string of the molecule is CN(C(=O)OC(C)(C)C)[C@H]1CN(C(=O)OC(C)(C)C)[C@@](CCCCB2OC(C)(C)C(C)(C)O2)(C(=O)O)C1. The summed E-state index contributed by atoms with van der Waals surface area (Å²) < 4.78 is 23.2. The molecule has 0 aromatic carbocycles. The lowest BCUT2D eigenvalue weighted by Crippen LogP contribution is -2.54. The van der Waals surface area contributed by atoms with Gasteiger partial charge in [0.15, 0.2) is 0 Å². The molecule has 0 bridgehead atoms. The van der Waals surface area contributed by atoms with Crippen molar-refractivity contribution in [3.63, 3.8) is 0 Å². The molecule has 2 rings (SSSR count). The molecule has 0 aliphatic carbocycles. The Labute approximate surface area is 222 Å². The number of carbonyl (C=O) groups excluding carboxylic acids is 2. The molecule has 10 nitrogen and oxygen atoms in total. The van der Waals surface area contributed by atoms with Gasteiger partial charge in [-0.05, 0) is 82.0 Å². The van der Waals surface area contributed by atoms with E-state index >= 15 is 0 Å². The Bertz CT molecular complexity index is 848. The van der Waals surface area contributed by atoms with Crippen LogP contribution in [0.5, 0.6) is 0 Å². The van der Waals surface area contributed by atoms with E-state index in [2.05, 4.69) is 0 Å². The number of unbranched alkanes of at least 4 members (excludes halogenated alkanes) is 1. The summed E-state index contributed by atoms with van der Waals surface area (Å²) in [5.74, 6) is -1.12. The van der Waals surface area contributed by atoms with E-state index in [0.29, 0.717) is 19.2 Å². The predicted molar refractivity (Wildman–Crippen MR) is 140 cm³/mol. The van der Waals surface area contributed by atoms with Gasteiger partial charge in [0.1, 0.15) is 16.7 Å². The molecule has 37 heavy (non-hydrogen) atoms. The highest BCUT2D eigenvalue weighted by atomic mass is 16.7. The summed E-state index contributed by atoms with van der Waals surface area (Å²) in [7, 11) is 1.20. The maximum absolute atomic E-state index is 13.2. The van der Waals surface area contributed by atoms with E-state index in [9.17, 15) is 19.5 Å². The molecule has 2 aliphatic heterocycles. The first kappa shape index (κ1) is 31.2. The number of likely N-dealkylation sites (tertiary alicyclic amines) is 1. The van der Waals surface area contributed by atoms with Crippen LogP contribution in [0, 0.1) is 0 Å². The largest absolute Gasteiger partial charge is 0.479 e. The molecule has 2 fully saturated rings. The second-order valence-corrected chi connectivity index (χ2v) is 13.3. The summed E-state index contributed by atoms with van der Waals surface area (Å²) >= 11 is 0. The van der Waals surface area contributed by atoms with Crippen LogP contribution < -0.4 is 0 Å². The van der Waals surface area contributed by atoms with Gasteiger partial charge in [-0.2, -0.15) is 0 Å². The van der Waals surface area contributed by atoms with Gasteiger partial charge in [0.05, 0.1) is 17.2 Å². The van der Waals surface area contributed by atoms with Crippen LogP contribution >= 0.6 is 0 Å². The number of carboxylic acid groups (broad SMARTS) is 1. The Morgan fingerprint density at radius 2 is 1.49 bits per heavy atom. The van der Waals surface area contributed by atoms with Crippen molar-refractivity contribution in [1.29, 1.82) is 0 Å². The van der Waals surface area contributed by atoms with Crippen LogP contribution in [0.4, 0.5) is 9.59 Å². The maximum atomic E-state index is 13.2. The van der Waals surface area contributed by atoms with E-state index in [1.165, 1.54) is 9.80 Å². The zero-order valence-electron chi connectivity index (χ0n) is 24.6. The number of hydrogen-bond donors (Lipinski definition) is 1. The molecule has 0 aromatic heterocycles. The number of aliphatic carboxylic acids is 1. The fourth-order valence-electron chi connectivity index (χ4n) is 4.62. The van der Waals surface area contributed by atoms with Crippen LogP contribution in [0.25, 0.3) is 0 Å². The maximum Gasteiger partial charge on any atom is 0.457 e. The number of ether oxygens (including phenoxy) is 2. The summed E-state index contributed by atoms with van der Waals surface area (Å²) in [6.45, 7) is 18.5. The molecule has 2 atom stereocenters. The average Bonchev–Trinajstić information content (AvgIpc) is 3.17. The quantitative estimate of drug-likeness (QED) is 0.366. The zero-order chi connectivity index (χ0) is 28.6. The topological polar surface area (TPSA) is 115 Å². The van der Waals surface area contributed by atoms with E-state index in [4.69, 9.17) is 18.8 Å². The lowest BCUT2D eigenvalue weighted by molar-refractivity contribution is -0.150. The highest BCUT2D eigenvalue weighted by Gasteiger charge is 2.56. The summed E-state index contributed by atoms with van der Waals surface area (Å²) in [5, 5.41) is 10.4. The van der Waals surface area contributed by atoms with Gasteiger partial charge in [0, 0.05) is 20.0 Å². The van der Waals surface area contributed by atoms with Crippen LogP contribution in [0.15, 0.2) is 0 Å². The minimum absolute atomic E-state index is 0.0359. The summed E-state index contributed by atoms with van der Waals surface area (Å²) in [6, 6.07) is -0.540. The summed E-state index contributed by atoms with van der Waals surface area (Å²) in [5.41, 5.74) is -3.88. The minimum Gasteiger partial charge on any atom is -0.479 e. The molecule has 1 N–H and O–H groups in total. The van der Waals surface area contributed by atoms with Crippen molar-refractivity contribution < 1.29 is 38.3 Å². The number of rotatable bonds is 7. The Hall–Kier alpha value is -2.01. The third-order valence-electron chi connectivity index (χ3n) is 7.31. The Morgan fingerprint density at radius 3 is 1.95 bits per heavy atom. The molecule has 11 heteroatoms. The first-order valence-electron chi connectivity index (χ1n) is 13.2. The molecular weight excluding hydrogens is 479 g/mol. The van der Waals surface area contributed by atoms with Gasteiger partial charge in [-0.3, -0.25) is 4.90 Å². The van der Waals surface area contributed by atoms with Crippen LogP contribution in [-0.4, -0.2) is 87.8 Å². The van der Waals surface area contributed by atoms with E-state index in [-0.39, 0.29) is 26.5 Å². The molecule has 212 valence electrons. The molecule has 0 unspecified atom stereocenters. The monoisotopic (exact) mass is 526 g/mol. The van der Waals surface area contributed by atoms with E-state index < -0.39 is 52.1 Å². The molecule has 2 aliphatic rings. The highest BCUT2D eigenvalue weighted by Crippen LogP contribution is 2.40. The predicted octanol–water partition coefficient (Wildman–Crippen LogP) is 4.95. The molecule has 2 amide bonds. The molecule has 2 heterocycles. The zero-order valence-corrected chi connectivity index (χ0v) is 24.6. The summed E-state index contributed by atoms with van der Waals surface area (Å²) in [6.07, 6.45) is 0.799. The van der Waals surface area contributed by atoms with Crippen molar-refractivity contribution in [2.45, 2.75) is 135 Å². The van der Waals surface area contributed by atoms with Gasteiger partial charge in [0.25, 0.3) is 0 Å². The van der Waals surface area contributed by atoms with Crippen molar-refractivity contribution in [1.82, 2.24) is 9.80 Å². The van der Waals surface area contributed by atoms with Gasteiger partial charge < -0.3 is 28.8 Å². The van der Waals surface area contributed by atoms with Crippen molar-refractivity contribution in [2.24, 2.45) is 0 Å². The van der Waals surface area contributed by atoms with Gasteiger partial charge in [-0.1, -0.05) is 12.8 Å². The summed E-state index contributed by atoms with van der Waals surface area (Å²) in [4.78, 5) is 41.4. The smallest absolute Gasteiger partial charge is 0.457 e. The van der Waals surface area contributed by atoms with E-state index in [0.717, 1.165) is 0 Å². The first-order chi connectivity index (χ1) is 16.6. The number of carbonyl (C=O) groups is 3. The van der Waals surface area contributed by atoms with Gasteiger partial charge in [-0.15, -0.1) is 0 Å². The normalized spacial score (nSPS) is 25.2. The van der Waals surface area contributed by atoms with Gasteiger partial charge in [0.2, 0.25) is 0 Å². The number of amides is 2. The van der Waals surface area contributed by atoms with Crippen LogP contribution in [0.1, 0.15) is 94.9 Å². The third kappa shape index (κ3) is 7.53. The number of carboxylic acids is 1. The van der Waals surface area contributed by atoms with Crippen molar-refractivity contribution in [3.8, 4) is 0 Å². The average molecular weight is 526 g/mol. The molecule has 0 spiro atoms. The lowest BCUT2D eigenvalue weighted by atomic mass is 9.80. The van der Waals surface area contributed by atoms with Gasteiger partial charge >= 0.3 is 25.3 Å². The number of nitrogens with zero attached hydrogens (tertiary/aromatic N) is 2. The molecule has 0 saturated carbocycles. The molecular formula is C26H47BN2O8. The minimum atomic E-state index is -1.51. The van der Waals surface area contributed by atoms with Crippen molar-refractivity contribution in [3.05, 3.63) is 0 Å². The fourth-order valence-corrected chi connectivity index (χ4v) is 4.62. The Kier molecular flexibility index (Phi) is 8.97. The van der Waals surface area contributed by atoms with Crippen LogP contribution in [0.2, 0.25) is 6.32 Å². The van der Waals surface area contributed by atoms with Crippen LogP contribution in [0.3, 0.4) is 0 Å². The second kappa shape index (κ2) is 10.6. The second-order valence-electron chi connectivity index (χ2n) is 13.3. The number of likely N-dealkylation sites (N-methyl/N-ethyl adjacent to an activating group) is 1. The first-order valence-corrected chi connectivity index (χ1v) is 13.2. The standard InChI is InChI=1S/C26H47BN2O8/c1-22(2,3)34-20(32)28(11)18-16-26(19(30)31,29(17-18)21(33)35-23(4,5)6)14-12-13-15-27-36-24(7,8)25(9,10)37-27/h18H,12-17H2,1-11H3,(H,30,31)/t18-,26-/m1/s1. The molecule has 0 aromatic rings.